The van der Waals surface area contributed by atoms with Gasteiger partial charge in [0.1, 0.15) is 11.3 Å². The molecule has 1 aliphatic heterocycles. The van der Waals surface area contributed by atoms with Crippen LogP contribution < -0.4 is 0 Å². The number of benzene rings is 1. The summed E-state index contributed by atoms with van der Waals surface area (Å²) in [6.45, 7) is 6.54. The number of likely N-dealkylation sites (tertiary alicyclic amines) is 1. The van der Waals surface area contributed by atoms with Crippen molar-refractivity contribution < 1.29 is 9.90 Å². The number of amides is 1. The van der Waals surface area contributed by atoms with Crippen LogP contribution in [0.2, 0.25) is 5.02 Å². The predicted octanol–water partition coefficient (Wildman–Crippen LogP) is 2.55. The Kier molecular flexibility index (Phi) is 4.36. The van der Waals surface area contributed by atoms with Crippen LogP contribution in [0.3, 0.4) is 0 Å². The number of carbonyl (C=O) groups excluding carboxylic acids is 1. The van der Waals surface area contributed by atoms with Gasteiger partial charge in [-0.3, -0.25) is 4.79 Å². The lowest BCUT2D eigenvalue weighted by atomic mass is 10.00. The topological polar surface area (TPSA) is 71.2 Å². The van der Waals surface area contributed by atoms with Gasteiger partial charge >= 0.3 is 0 Å². The molecule has 0 bridgehead atoms. The van der Waals surface area contributed by atoms with Crippen LogP contribution in [-0.4, -0.2) is 44.0 Å². The number of aryl methyl sites for hydroxylation is 1. The summed E-state index contributed by atoms with van der Waals surface area (Å²) in [4.78, 5) is 14.4. The Morgan fingerprint density at radius 3 is 2.83 bits per heavy atom. The molecule has 1 atom stereocenters. The number of hydrogen-bond acceptors (Lipinski definition) is 4. The van der Waals surface area contributed by atoms with Crippen LogP contribution >= 0.6 is 11.6 Å². The molecule has 1 N–H and O–H groups in total. The maximum Gasteiger partial charge on any atom is 0.254 e. The van der Waals surface area contributed by atoms with E-state index in [1.807, 2.05) is 26.8 Å². The summed E-state index contributed by atoms with van der Waals surface area (Å²) in [6.07, 6.45) is 2.19. The summed E-state index contributed by atoms with van der Waals surface area (Å²) in [5.74, 6) is -0.123. The SMILES string of the molecule is Cc1ccc(Cl)cc1C(=O)N1CCC(O)(c2cn(C(C)C)nn2)C1. The second-order valence-corrected chi connectivity index (χ2v) is 7.08. The van der Waals surface area contributed by atoms with Gasteiger partial charge in [0.15, 0.2) is 0 Å². The van der Waals surface area contributed by atoms with Crippen LogP contribution in [0.15, 0.2) is 24.4 Å². The Bertz CT molecular complexity index is 774. The number of hydrogen-bond donors (Lipinski definition) is 1. The summed E-state index contributed by atoms with van der Waals surface area (Å²) in [5, 5.41) is 19.6. The third kappa shape index (κ3) is 3.03. The van der Waals surface area contributed by atoms with Gasteiger partial charge in [0.05, 0.1) is 12.7 Å². The van der Waals surface area contributed by atoms with Gasteiger partial charge in [0, 0.05) is 29.6 Å². The first kappa shape index (κ1) is 16.9. The Morgan fingerprint density at radius 1 is 1.42 bits per heavy atom. The number of nitrogens with zero attached hydrogens (tertiary/aromatic N) is 4. The molecule has 1 saturated heterocycles. The zero-order chi connectivity index (χ0) is 17.5. The first-order valence-corrected chi connectivity index (χ1v) is 8.38. The molecule has 2 heterocycles. The summed E-state index contributed by atoms with van der Waals surface area (Å²) >= 11 is 6.01. The van der Waals surface area contributed by atoms with Crippen LogP contribution in [0.25, 0.3) is 0 Å². The second kappa shape index (κ2) is 6.18. The van der Waals surface area contributed by atoms with Gasteiger partial charge in [-0.25, -0.2) is 4.68 Å². The van der Waals surface area contributed by atoms with Crippen LogP contribution in [0.5, 0.6) is 0 Å². The van der Waals surface area contributed by atoms with E-state index in [4.69, 9.17) is 11.6 Å². The predicted molar refractivity (Wildman–Crippen MR) is 91.0 cm³/mol. The highest BCUT2D eigenvalue weighted by atomic mass is 35.5. The first-order chi connectivity index (χ1) is 11.3. The van der Waals surface area contributed by atoms with Crippen molar-refractivity contribution in [1.29, 1.82) is 0 Å². The number of aromatic nitrogens is 3. The van der Waals surface area contributed by atoms with Crippen LogP contribution in [0, 0.1) is 6.92 Å². The fourth-order valence-electron chi connectivity index (χ4n) is 2.91. The lowest BCUT2D eigenvalue weighted by molar-refractivity contribution is 0.0381. The third-order valence-corrected chi connectivity index (χ3v) is 4.72. The van der Waals surface area contributed by atoms with Gasteiger partial charge in [-0.2, -0.15) is 0 Å². The minimum absolute atomic E-state index is 0.123. The Labute approximate surface area is 146 Å². The minimum Gasteiger partial charge on any atom is -0.381 e. The van der Waals surface area contributed by atoms with Gasteiger partial charge in [-0.15, -0.1) is 5.10 Å². The largest absolute Gasteiger partial charge is 0.381 e. The van der Waals surface area contributed by atoms with Crippen molar-refractivity contribution >= 4 is 17.5 Å². The van der Waals surface area contributed by atoms with Crippen LogP contribution in [-0.2, 0) is 5.60 Å². The zero-order valence-corrected chi connectivity index (χ0v) is 14.8. The van der Waals surface area contributed by atoms with Crippen molar-refractivity contribution in [2.75, 3.05) is 13.1 Å². The standard InChI is InChI=1S/C17H21ClN4O2/c1-11(2)22-9-15(19-20-22)17(24)6-7-21(10-17)16(23)14-8-13(18)5-4-12(14)3/h4-5,8-9,11,24H,6-7,10H2,1-3H3. The van der Waals surface area contributed by atoms with Gasteiger partial charge in [-0.05, 0) is 38.5 Å². The van der Waals surface area contributed by atoms with Gasteiger partial charge in [0.25, 0.3) is 5.91 Å². The van der Waals surface area contributed by atoms with E-state index in [0.717, 1.165) is 5.56 Å². The molecule has 1 aliphatic rings. The second-order valence-electron chi connectivity index (χ2n) is 6.65. The fourth-order valence-corrected chi connectivity index (χ4v) is 3.09. The van der Waals surface area contributed by atoms with E-state index in [1.165, 1.54) is 0 Å². The van der Waals surface area contributed by atoms with E-state index in [2.05, 4.69) is 10.3 Å². The maximum atomic E-state index is 12.8. The summed E-state index contributed by atoms with van der Waals surface area (Å²) in [7, 11) is 0. The minimum atomic E-state index is -1.16. The Morgan fingerprint density at radius 2 is 2.17 bits per heavy atom. The molecule has 0 aliphatic carbocycles. The number of carbonyl (C=O) groups is 1. The van der Waals surface area contributed by atoms with E-state index in [1.54, 1.807) is 27.9 Å². The normalized spacial score (nSPS) is 20.8. The molecule has 0 radical (unpaired) electrons. The number of aliphatic hydroxyl groups is 1. The molecule has 2 aromatic rings. The van der Waals surface area contributed by atoms with Crippen molar-refractivity contribution in [2.24, 2.45) is 0 Å². The quantitative estimate of drug-likeness (QED) is 0.925. The first-order valence-electron chi connectivity index (χ1n) is 8.00. The van der Waals surface area contributed by atoms with Gasteiger partial charge in [0.2, 0.25) is 0 Å². The number of β-amino-alcohol motifs (C(OH)–C–C–N with tert-alkyl or cyclic N) is 1. The Hall–Kier alpha value is -1.92. The van der Waals surface area contributed by atoms with Crippen LogP contribution in [0.1, 0.15) is 47.9 Å². The monoisotopic (exact) mass is 348 g/mol. The van der Waals surface area contributed by atoms with Crippen molar-refractivity contribution in [3.8, 4) is 0 Å². The van der Waals surface area contributed by atoms with Crippen molar-refractivity contribution in [3.63, 3.8) is 0 Å². The van der Waals surface area contributed by atoms with E-state index in [0.29, 0.717) is 29.2 Å². The molecule has 0 saturated carbocycles. The number of halogens is 1. The third-order valence-electron chi connectivity index (χ3n) is 4.48. The van der Waals surface area contributed by atoms with Crippen LogP contribution in [0.4, 0.5) is 0 Å². The average molecular weight is 349 g/mol. The smallest absolute Gasteiger partial charge is 0.254 e. The molecule has 1 aromatic carbocycles. The average Bonchev–Trinajstić information content (AvgIpc) is 3.17. The molecule has 128 valence electrons. The molecule has 7 heteroatoms. The summed E-state index contributed by atoms with van der Waals surface area (Å²) < 4.78 is 1.71. The molecule has 24 heavy (non-hydrogen) atoms. The highest BCUT2D eigenvalue weighted by Gasteiger charge is 2.42. The van der Waals surface area contributed by atoms with E-state index >= 15 is 0 Å². The van der Waals surface area contributed by atoms with Crippen molar-refractivity contribution in [2.45, 2.75) is 38.8 Å². The molecule has 6 nitrogen and oxygen atoms in total. The highest BCUT2D eigenvalue weighted by molar-refractivity contribution is 6.31. The molecule has 0 spiro atoms. The maximum absolute atomic E-state index is 12.8. The summed E-state index contributed by atoms with van der Waals surface area (Å²) in [6, 6.07) is 5.43. The molecule has 1 aromatic heterocycles. The lowest BCUT2D eigenvalue weighted by Crippen LogP contribution is -2.35. The molecular formula is C17H21ClN4O2. The Balaban J connectivity index is 1.81. The summed E-state index contributed by atoms with van der Waals surface area (Å²) in [5.41, 5.74) is 0.785. The molecule has 1 amide bonds. The fraction of sp³-hybridized carbons (Fsp3) is 0.471. The van der Waals surface area contributed by atoms with E-state index < -0.39 is 5.60 Å². The molecule has 1 unspecified atom stereocenters. The molecular weight excluding hydrogens is 328 g/mol. The van der Waals surface area contributed by atoms with Gasteiger partial charge in [-0.1, -0.05) is 22.9 Å². The molecule has 1 fully saturated rings. The van der Waals surface area contributed by atoms with E-state index in [9.17, 15) is 9.90 Å². The molecule has 3 rings (SSSR count). The van der Waals surface area contributed by atoms with E-state index in [-0.39, 0.29) is 18.5 Å². The van der Waals surface area contributed by atoms with Crippen molar-refractivity contribution in [1.82, 2.24) is 19.9 Å². The van der Waals surface area contributed by atoms with Crippen molar-refractivity contribution in [3.05, 3.63) is 46.2 Å². The highest BCUT2D eigenvalue weighted by Crippen LogP contribution is 2.32. The zero-order valence-electron chi connectivity index (χ0n) is 14.0. The van der Waals surface area contributed by atoms with Gasteiger partial charge < -0.3 is 10.0 Å². The lowest BCUT2D eigenvalue weighted by Gasteiger charge is -2.21. The number of rotatable bonds is 3.